The molecule has 0 atom stereocenters. The van der Waals surface area contributed by atoms with E-state index in [0.29, 0.717) is 11.4 Å². The van der Waals surface area contributed by atoms with Crippen LogP contribution in [0.1, 0.15) is 15.9 Å². The fraction of sp³-hybridized carbons (Fsp3) is 0.0769. The maximum Gasteiger partial charge on any atom is 0.261 e. The first-order valence-electron chi connectivity index (χ1n) is 11.1. The molecule has 0 fully saturated rings. The number of aromatic nitrogens is 1. The van der Waals surface area contributed by atoms with Crippen molar-refractivity contribution in [2.45, 2.75) is 11.4 Å². The fourth-order valence-corrected chi connectivity index (χ4v) is 5.51. The van der Waals surface area contributed by atoms with Crippen LogP contribution in [0.3, 0.4) is 0 Å². The van der Waals surface area contributed by atoms with E-state index in [0.717, 1.165) is 11.8 Å². The lowest BCUT2D eigenvalue weighted by Gasteiger charge is -2.24. The molecule has 0 saturated carbocycles. The van der Waals surface area contributed by atoms with Crippen molar-refractivity contribution in [2.24, 2.45) is 0 Å². The van der Waals surface area contributed by atoms with Crippen LogP contribution in [0.4, 0.5) is 17.1 Å². The second kappa shape index (κ2) is 10.8. The van der Waals surface area contributed by atoms with Crippen molar-refractivity contribution in [2.75, 3.05) is 20.6 Å². The van der Waals surface area contributed by atoms with E-state index < -0.39 is 26.0 Å². The van der Waals surface area contributed by atoms with Crippen molar-refractivity contribution in [1.82, 2.24) is 4.98 Å². The van der Waals surface area contributed by atoms with E-state index in [-0.39, 0.29) is 22.7 Å². The number of benzene rings is 3. The van der Waals surface area contributed by atoms with Crippen LogP contribution in [0.5, 0.6) is 0 Å². The molecule has 0 spiro atoms. The van der Waals surface area contributed by atoms with Crippen LogP contribution in [0, 0.1) is 0 Å². The lowest BCUT2D eigenvalue weighted by atomic mass is 10.1. The minimum atomic E-state index is -3.85. The van der Waals surface area contributed by atoms with E-state index in [4.69, 9.17) is 0 Å². The molecule has 9 nitrogen and oxygen atoms in total. The third kappa shape index (κ3) is 6.51. The Kier molecular flexibility index (Phi) is 7.55. The number of carbonyl (C=O) groups excluding carboxylic acids is 1. The first-order valence-corrected chi connectivity index (χ1v) is 14.4. The van der Waals surface area contributed by atoms with E-state index in [1.165, 1.54) is 47.0 Å². The number of hydrogen-bond acceptors (Lipinski definition) is 6. The largest absolute Gasteiger partial charge is 0.322 e. The number of carbonyl (C=O) groups is 1. The Balaban J connectivity index is 1.56. The van der Waals surface area contributed by atoms with Gasteiger partial charge in [-0.3, -0.25) is 18.8 Å². The zero-order valence-electron chi connectivity index (χ0n) is 19.8. The number of nitrogens with zero attached hydrogens (tertiary/aromatic N) is 2. The number of pyridine rings is 1. The highest BCUT2D eigenvalue weighted by Crippen LogP contribution is 2.26. The van der Waals surface area contributed by atoms with Gasteiger partial charge in [-0.15, -0.1) is 0 Å². The summed E-state index contributed by atoms with van der Waals surface area (Å²) in [5.41, 5.74) is 1.81. The molecule has 4 aromatic rings. The summed E-state index contributed by atoms with van der Waals surface area (Å²) >= 11 is 0. The highest BCUT2D eigenvalue weighted by molar-refractivity contribution is 7.92. The molecule has 0 aliphatic rings. The summed E-state index contributed by atoms with van der Waals surface area (Å²) in [5, 5.41) is 2.71. The van der Waals surface area contributed by atoms with Gasteiger partial charge in [0.2, 0.25) is 10.0 Å². The summed E-state index contributed by atoms with van der Waals surface area (Å²) in [6.07, 6.45) is 4.01. The predicted molar refractivity (Wildman–Crippen MR) is 143 cm³/mol. The zero-order chi connectivity index (χ0) is 26.5. The van der Waals surface area contributed by atoms with E-state index in [1.807, 2.05) is 18.2 Å². The molecule has 0 aliphatic heterocycles. The minimum Gasteiger partial charge on any atom is -0.322 e. The molecule has 0 aliphatic carbocycles. The monoisotopic (exact) mass is 536 g/mol. The smallest absolute Gasteiger partial charge is 0.261 e. The maximum atomic E-state index is 13.2. The van der Waals surface area contributed by atoms with E-state index in [1.54, 1.807) is 42.5 Å². The highest BCUT2D eigenvalue weighted by atomic mass is 32.2. The average molecular weight is 537 g/mol. The average Bonchev–Trinajstić information content (AvgIpc) is 2.88. The Bertz CT molecular complexity index is 1590. The lowest BCUT2D eigenvalue weighted by molar-refractivity contribution is 0.102. The second-order valence-electron chi connectivity index (χ2n) is 8.10. The summed E-state index contributed by atoms with van der Waals surface area (Å²) in [5.74, 6) is -0.540. The number of hydrogen-bond donors (Lipinski definition) is 2. The van der Waals surface area contributed by atoms with Gasteiger partial charge < -0.3 is 5.32 Å². The van der Waals surface area contributed by atoms with Crippen LogP contribution >= 0.6 is 0 Å². The Morgan fingerprint density at radius 3 is 2.14 bits per heavy atom. The molecule has 0 radical (unpaired) electrons. The van der Waals surface area contributed by atoms with E-state index in [2.05, 4.69) is 15.0 Å². The molecule has 1 amide bonds. The number of rotatable bonds is 9. The SMILES string of the molecule is CS(=O)(=O)N(Cc1ccccc1)c1ccccc1C(=O)Nc1ccc(S(=O)(=O)Nc2cccnc2)cc1. The summed E-state index contributed by atoms with van der Waals surface area (Å²) in [6.45, 7) is 0.0560. The molecule has 0 bridgehead atoms. The molecule has 0 unspecified atom stereocenters. The van der Waals surface area contributed by atoms with Crippen LogP contribution < -0.4 is 14.3 Å². The number of anilines is 3. The topological polar surface area (TPSA) is 126 Å². The van der Waals surface area contributed by atoms with Gasteiger partial charge in [-0.25, -0.2) is 16.8 Å². The quantitative estimate of drug-likeness (QED) is 0.332. The lowest BCUT2D eigenvalue weighted by Crippen LogP contribution is -2.31. The third-order valence-corrected chi connectivity index (χ3v) is 7.85. The zero-order valence-corrected chi connectivity index (χ0v) is 21.4. The summed E-state index contributed by atoms with van der Waals surface area (Å²) in [7, 11) is -7.57. The minimum absolute atomic E-state index is 0.000801. The van der Waals surface area contributed by atoms with Crippen LogP contribution in [-0.4, -0.2) is 34.0 Å². The fourth-order valence-electron chi connectivity index (χ4n) is 3.57. The molecule has 3 aromatic carbocycles. The number of nitrogens with one attached hydrogen (secondary N) is 2. The van der Waals surface area contributed by atoms with Crippen LogP contribution in [0.2, 0.25) is 0 Å². The van der Waals surface area contributed by atoms with Crippen molar-refractivity contribution in [3.8, 4) is 0 Å². The van der Waals surface area contributed by atoms with Crippen LogP contribution in [-0.2, 0) is 26.6 Å². The normalized spacial score (nSPS) is 11.5. The molecule has 2 N–H and O–H groups in total. The molecule has 1 heterocycles. The van der Waals surface area contributed by atoms with Crippen molar-refractivity contribution in [3.05, 3.63) is 115 Å². The van der Waals surface area contributed by atoms with Gasteiger partial charge in [0.1, 0.15) is 0 Å². The number of para-hydroxylation sites is 1. The van der Waals surface area contributed by atoms with Gasteiger partial charge >= 0.3 is 0 Å². The van der Waals surface area contributed by atoms with Crippen LogP contribution in [0.25, 0.3) is 0 Å². The molecule has 0 saturated heterocycles. The van der Waals surface area contributed by atoms with Crippen molar-refractivity contribution in [3.63, 3.8) is 0 Å². The Morgan fingerprint density at radius 1 is 0.811 bits per heavy atom. The van der Waals surface area contributed by atoms with Gasteiger partial charge in [-0.1, -0.05) is 42.5 Å². The summed E-state index contributed by atoms with van der Waals surface area (Å²) in [6, 6.07) is 24.3. The Hall–Kier alpha value is -4.22. The molecular formula is C26H24N4O5S2. The standard InChI is InChI=1S/C26H24N4O5S2/c1-36(32,33)30(19-20-8-3-2-4-9-20)25-12-6-5-11-24(25)26(31)28-21-13-15-23(16-14-21)37(34,35)29-22-10-7-17-27-18-22/h2-18,29H,19H2,1H3,(H,28,31). The maximum absolute atomic E-state index is 13.2. The molecule has 190 valence electrons. The highest BCUT2D eigenvalue weighted by Gasteiger charge is 2.23. The first kappa shape index (κ1) is 25.9. The third-order valence-electron chi connectivity index (χ3n) is 5.32. The molecule has 37 heavy (non-hydrogen) atoms. The van der Waals surface area contributed by atoms with Gasteiger partial charge in [0, 0.05) is 11.9 Å². The summed E-state index contributed by atoms with van der Waals surface area (Å²) in [4.78, 5) is 17.1. The van der Waals surface area contributed by atoms with Gasteiger partial charge in [-0.2, -0.15) is 0 Å². The predicted octanol–water partition coefficient (Wildman–Crippen LogP) is 4.10. The molecule has 11 heteroatoms. The molecule has 1 aromatic heterocycles. The van der Waals surface area contributed by atoms with Gasteiger partial charge in [0.25, 0.3) is 15.9 Å². The van der Waals surface area contributed by atoms with Crippen LogP contribution in [0.15, 0.2) is 108 Å². The van der Waals surface area contributed by atoms with Gasteiger partial charge in [0.15, 0.2) is 0 Å². The van der Waals surface area contributed by atoms with E-state index >= 15 is 0 Å². The first-order chi connectivity index (χ1) is 17.6. The van der Waals surface area contributed by atoms with Crippen molar-refractivity contribution < 1.29 is 21.6 Å². The summed E-state index contributed by atoms with van der Waals surface area (Å²) < 4.78 is 54.2. The van der Waals surface area contributed by atoms with Crippen molar-refractivity contribution >= 4 is 43.0 Å². The number of amides is 1. The Labute approximate surface area is 215 Å². The van der Waals surface area contributed by atoms with Gasteiger partial charge in [0.05, 0.1) is 40.8 Å². The molecular weight excluding hydrogens is 512 g/mol. The van der Waals surface area contributed by atoms with E-state index in [9.17, 15) is 21.6 Å². The Morgan fingerprint density at radius 2 is 1.49 bits per heavy atom. The van der Waals surface area contributed by atoms with Gasteiger partial charge in [-0.05, 0) is 54.1 Å². The van der Waals surface area contributed by atoms with Crippen molar-refractivity contribution in [1.29, 1.82) is 0 Å². The second-order valence-corrected chi connectivity index (χ2v) is 11.7. The number of sulfonamides is 2. The molecule has 4 rings (SSSR count).